The molecule has 6 aromatic carbocycles. The van der Waals surface area contributed by atoms with Crippen LogP contribution in [0.2, 0.25) is 0 Å². The molecule has 8 aromatic rings. The van der Waals surface area contributed by atoms with Crippen molar-refractivity contribution >= 4 is 43.6 Å². The highest BCUT2D eigenvalue weighted by molar-refractivity contribution is 6.10. The highest BCUT2D eigenvalue weighted by Gasteiger charge is 2.39. The number of aromatic nitrogens is 2. The molecule has 0 unspecified atom stereocenters. The number of benzene rings is 6. The summed E-state index contributed by atoms with van der Waals surface area (Å²) in [7, 11) is 0. The fourth-order valence-electron chi connectivity index (χ4n) is 6.68. The van der Waals surface area contributed by atoms with Crippen LogP contribution in [0.5, 0.6) is 0 Å². The Bertz CT molecular complexity index is 2180. The first-order valence-electron chi connectivity index (χ1n) is 14.5. The Labute approximate surface area is 258 Å². The molecular weight excluding hydrogens is 598 g/mol. The molecule has 0 aliphatic rings. The number of hydrogen-bond acceptors (Lipinski definition) is 0. The van der Waals surface area contributed by atoms with Crippen LogP contribution in [0.1, 0.15) is 11.1 Å². The van der Waals surface area contributed by atoms with Gasteiger partial charge in [0.25, 0.3) is 0 Å². The van der Waals surface area contributed by atoms with Gasteiger partial charge in [0.15, 0.2) is 0 Å². The first-order chi connectivity index (χ1) is 22.1. The van der Waals surface area contributed by atoms with Crippen LogP contribution in [0.3, 0.4) is 0 Å². The smallest absolute Gasteiger partial charge is 0.309 e. The minimum absolute atomic E-state index is 0.198. The van der Waals surface area contributed by atoms with E-state index < -0.39 is 34.6 Å². The standard InChI is InChI=1S/C38H22F6N2/c39-37(40,41)31-21-23(45-33-13-5-1-9-27(33)28-10-2-6-14-34(28)45)17-19-25(31)26-20-18-24(22-32(26)38(42,43)44)46-35-15-7-3-11-29(35)30-12-4-8-16-36(30)46/h1-22H. The second-order valence-corrected chi connectivity index (χ2v) is 11.2. The predicted octanol–water partition coefficient (Wildman–Crippen LogP) is 11.6. The van der Waals surface area contributed by atoms with Gasteiger partial charge in [-0.2, -0.15) is 26.3 Å². The Morgan fingerprint density at radius 3 is 0.913 bits per heavy atom. The summed E-state index contributed by atoms with van der Waals surface area (Å²) in [6.45, 7) is 0. The van der Waals surface area contributed by atoms with Crippen LogP contribution < -0.4 is 0 Å². The fourth-order valence-corrected chi connectivity index (χ4v) is 6.68. The monoisotopic (exact) mass is 620 g/mol. The van der Waals surface area contributed by atoms with Crippen LogP contribution >= 0.6 is 0 Å². The van der Waals surface area contributed by atoms with Gasteiger partial charge in [-0.1, -0.05) is 84.9 Å². The van der Waals surface area contributed by atoms with E-state index in [0.29, 0.717) is 22.1 Å². The van der Waals surface area contributed by atoms with Crippen molar-refractivity contribution in [1.29, 1.82) is 0 Å². The first kappa shape index (κ1) is 28.0. The van der Waals surface area contributed by atoms with Crippen LogP contribution in [0.15, 0.2) is 133 Å². The molecule has 2 nitrogen and oxygen atoms in total. The largest absolute Gasteiger partial charge is 0.417 e. The second kappa shape index (κ2) is 10.0. The number of para-hydroxylation sites is 4. The minimum atomic E-state index is -4.93. The van der Waals surface area contributed by atoms with E-state index in [4.69, 9.17) is 0 Å². The lowest BCUT2D eigenvalue weighted by Crippen LogP contribution is -2.13. The summed E-state index contributed by atoms with van der Waals surface area (Å²) in [5, 5.41) is 3.43. The van der Waals surface area contributed by atoms with Crippen molar-refractivity contribution in [2.45, 2.75) is 12.4 Å². The van der Waals surface area contributed by atoms with Gasteiger partial charge in [0.2, 0.25) is 0 Å². The summed E-state index contributed by atoms with van der Waals surface area (Å²) in [6, 6.07) is 36.5. The molecule has 8 rings (SSSR count). The van der Waals surface area contributed by atoms with Gasteiger partial charge in [0.05, 0.1) is 33.2 Å². The molecular formula is C38H22F6N2. The van der Waals surface area contributed by atoms with Gasteiger partial charge in [-0.25, -0.2) is 0 Å². The zero-order chi connectivity index (χ0) is 31.8. The van der Waals surface area contributed by atoms with Crippen molar-refractivity contribution in [3.8, 4) is 22.5 Å². The topological polar surface area (TPSA) is 9.86 Å². The Kier molecular flexibility index (Phi) is 6.09. The molecule has 0 atom stereocenters. The summed E-state index contributed by atoms with van der Waals surface area (Å²) in [5.41, 5.74) is -0.229. The van der Waals surface area contributed by atoms with E-state index in [-0.39, 0.29) is 11.4 Å². The van der Waals surface area contributed by atoms with Crippen molar-refractivity contribution in [3.05, 3.63) is 145 Å². The number of fused-ring (bicyclic) bond motifs is 6. The first-order valence-corrected chi connectivity index (χ1v) is 14.5. The Balaban J connectivity index is 1.36. The van der Waals surface area contributed by atoms with E-state index in [9.17, 15) is 26.3 Å². The van der Waals surface area contributed by atoms with E-state index in [1.54, 1.807) is 33.4 Å². The summed E-state index contributed by atoms with van der Waals surface area (Å²) in [4.78, 5) is 0. The number of hydrogen-bond donors (Lipinski definition) is 0. The molecule has 0 bridgehead atoms. The molecule has 0 saturated heterocycles. The maximum absolute atomic E-state index is 14.8. The lowest BCUT2D eigenvalue weighted by atomic mass is 9.93. The Morgan fingerprint density at radius 1 is 0.348 bits per heavy atom. The van der Waals surface area contributed by atoms with Crippen molar-refractivity contribution in [1.82, 2.24) is 9.13 Å². The number of rotatable bonds is 3. The third-order valence-corrected chi connectivity index (χ3v) is 8.58. The van der Waals surface area contributed by atoms with Crippen LogP contribution in [0, 0.1) is 0 Å². The van der Waals surface area contributed by atoms with Crippen LogP contribution in [0.4, 0.5) is 26.3 Å². The minimum Gasteiger partial charge on any atom is -0.309 e. The second-order valence-electron chi connectivity index (χ2n) is 11.2. The average Bonchev–Trinajstić information content (AvgIpc) is 3.57. The van der Waals surface area contributed by atoms with Crippen molar-refractivity contribution in [2.75, 3.05) is 0 Å². The lowest BCUT2D eigenvalue weighted by molar-refractivity contribution is -0.139. The highest BCUT2D eigenvalue weighted by Crippen LogP contribution is 2.45. The van der Waals surface area contributed by atoms with Gasteiger partial charge in [-0.05, 0) is 59.7 Å². The Morgan fingerprint density at radius 2 is 0.630 bits per heavy atom. The van der Waals surface area contributed by atoms with Gasteiger partial charge < -0.3 is 9.13 Å². The molecule has 46 heavy (non-hydrogen) atoms. The summed E-state index contributed by atoms with van der Waals surface area (Å²) < 4.78 is 92.0. The van der Waals surface area contributed by atoms with Crippen LogP contribution in [-0.4, -0.2) is 9.13 Å². The summed E-state index contributed by atoms with van der Waals surface area (Å²) in [6.07, 6.45) is -9.86. The van der Waals surface area contributed by atoms with E-state index in [1.807, 2.05) is 72.8 Å². The van der Waals surface area contributed by atoms with Crippen molar-refractivity contribution < 1.29 is 26.3 Å². The third-order valence-electron chi connectivity index (χ3n) is 8.58. The van der Waals surface area contributed by atoms with Crippen LogP contribution in [0.25, 0.3) is 66.1 Å². The molecule has 0 N–H and O–H groups in total. The van der Waals surface area contributed by atoms with E-state index >= 15 is 0 Å². The molecule has 0 aliphatic heterocycles. The van der Waals surface area contributed by atoms with Gasteiger partial charge in [-0.15, -0.1) is 0 Å². The normalized spacial score (nSPS) is 12.6. The molecule has 0 aliphatic carbocycles. The van der Waals surface area contributed by atoms with Gasteiger partial charge in [-0.3, -0.25) is 0 Å². The average molecular weight is 621 g/mol. The lowest BCUT2D eigenvalue weighted by Gasteiger charge is -2.20. The molecule has 0 amide bonds. The van der Waals surface area contributed by atoms with Gasteiger partial charge in [0.1, 0.15) is 0 Å². The summed E-state index contributed by atoms with van der Waals surface area (Å²) in [5.74, 6) is 0. The van der Waals surface area contributed by atoms with Crippen molar-refractivity contribution in [2.24, 2.45) is 0 Å². The quantitative estimate of drug-likeness (QED) is 0.174. The van der Waals surface area contributed by atoms with Gasteiger partial charge >= 0.3 is 12.4 Å². The number of nitrogens with zero attached hydrogens (tertiary/aromatic N) is 2. The maximum Gasteiger partial charge on any atom is 0.417 e. The number of alkyl halides is 6. The number of halogens is 6. The molecule has 0 spiro atoms. The fraction of sp³-hybridized carbons (Fsp3) is 0.0526. The maximum atomic E-state index is 14.8. The molecule has 2 aromatic heterocycles. The van der Waals surface area contributed by atoms with Gasteiger partial charge in [0, 0.05) is 32.9 Å². The molecule has 0 radical (unpaired) electrons. The van der Waals surface area contributed by atoms with E-state index in [0.717, 1.165) is 45.8 Å². The SMILES string of the molecule is FC(F)(F)c1cc(-n2c3ccccc3c3ccccc32)ccc1-c1ccc(-n2c3ccccc3c3ccccc32)cc1C(F)(F)F. The van der Waals surface area contributed by atoms with Crippen LogP contribution in [-0.2, 0) is 12.4 Å². The third kappa shape index (κ3) is 4.28. The van der Waals surface area contributed by atoms with E-state index in [2.05, 4.69) is 0 Å². The van der Waals surface area contributed by atoms with Crippen molar-refractivity contribution in [3.63, 3.8) is 0 Å². The van der Waals surface area contributed by atoms with E-state index in [1.165, 1.54) is 12.1 Å². The molecule has 2 heterocycles. The molecule has 226 valence electrons. The molecule has 0 fully saturated rings. The predicted molar refractivity (Wildman–Crippen MR) is 171 cm³/mol. The highest BCUT2D eigenvalue weighted by atomic mass is 19.4. The summed E-state index contributed by atoms with van der Waals surface area (Å²) >= 11 is 0. The Hall–Kier alpha value is -5.50. The zero-order valence-corrected chi connectivity index (χ0v) is 23.9. The molecule has 8 heteroatoms. The molecule has 0 saturated carbocycles. The zero-order valence-electron chi connectivity index (χ0n) is 23.9.